The van der Waals surface area contributed by atoms with Crippen LogP contribution in [0.25, 0.3) is 10.9 Å². The molecule has 1 aromatic heterocycles. The Bertz CT molecular complexity index is 1410. The molecule has 1 amide bonds. The van der Waals surface area contributed by atoms with Crippen LogP contribution in [0.2, 0.25) is 0 Å². The lowest BCUT2D eigenvalue weighted by molar-refractivity contribution is 0.102. The van der Waals surface area contributed by atoms with Gasteiger partial charge in [0.25, 0.3) is 15.9 Å². The molecule has 0 unspecified atom stereocenters. The Labute approximate surface area is 185 Å². The van der Waals surface area contributed by atoms with Crippen LogP contribution in [0.1, 0.15) is 21.6 Å². The second kappa shape index (κ2) is 8.39. The van der Waals surface area contributed by atoms with E-state index in [0.717, 1.165) is 5.56 Å². The van der Waals surface area contributed by atoms with Gasteiger partial charge in [-0.1, -0.05) is 17.7 Å². The average Bonchev–Trinajstić information content (AvgIpc) is 2.74. The highest BCUT2D eigenvalue weighted by Gasteiger charge is 2.15. The quantitative estimate of drug-likeness (QED) is 0.447. The number of aryl methyl sites for hydroxylation is 2. The summed E-state index contributed by atoms with van der Waals surface area (Å²) in [6, 6.07) is 18.6. The summed E-state index contributed by atoms with van der Waals surface area (Å²) in [4.78, 5) is 17.3. The number of carbonyl (C=O) groups is 1. The molecule has 0 aliphatic rings. The summed E-state index contributed by atoms with van der Waals surface area (Å²) in [7, 11) is -3.72. The van der Waals surface area contributed by atoms with Gasteiger partial charge in [0.05, 0.1) is 16.0 Å². The highest BCUT2D eigenvalue weighted by atomic mass is 32.2. The van der Waals surface area contributed by atoms with E-state index in [1.807, 2.05) is 6.92 Å². The Kier molecular flexibility index (Phi) is 5.63. The minimum Gasteiger partial charge on any atom is -0.322 e. The van der Waals surface area contributed by atoms with Crippen molar-refractivity contribution in [1.29, 1.82) is 0 Å². The molecule has 3 aromatic carbocycles. The normalized spacial score (nSPS) is 11.3. The van der Waals surface area contributed by atoms with Crippen LogP contribution in [0.4, 0.5) is 15.8 Å². The van der Waals surface area contributed by atoms with Crippen molar-refractivity contribution in [3.63, 3.8) is 0 Å². The second-order valence-electron chi connectivity index (χ2n) is 7.42. The predicted octanol–water partition coefficient (Wildman–Crippen LogP) is 5.04. The van der Waals surface area contributed by atoms with E-state index in [2.05, 4.69) is 15.0 Å². The maximum atomic E-state index is 13.5. The summed E-state index contributed by atoms with van der Waals surface area (Å²) >= 11 is 0. The molecule has 162 valence electrons. The zero-order valence-corrected chi connectivity index (χ0v) is 18.2. The summed E-state index contributed by atoms with van der Waals surface area (Å²) in [5, 5.41) is 3.32. The van der Waals surface area contributed by atoms with Gasteiger partial charge < -0.3 is 5.32 Å². The lowest BCUT2D eigenvalue weighted by Crippen LogP contribution is -2.14. The van der Waals surface area contributed by atoms with E-state index in [4.69, 9.17) is 0 Å². The minimum absolute atomic E-state index is 0.164. The summed E-state index contributed by atoms with van der Waals surface area (Å²) in [5.41, 5.74) is 3.18. The van der Waals surface area contributed by atoms with Gasteiger partial charge in [0, 0.05) is 28.5 Å². The molecule has 4 rings (SSSR count). The fourth-order valence-electron chi connectivity index (χ4n) is 3.27. The number of hydrogen-bond donors (Lipinski definition) is 2. The Morgan fingerprint density at radius 3 is 2.22 bits per heavy atom. The molecule has 0 radical (unpaired) electrons. The maximum absolute atomic E-state index is 13.5. The van der Waals surface area contributed by atoms with Crippen molar-refractivity contribution in [1.82, 2.24) is 4.98 Å². The fourth-order valence-corrected chi connectivity index (χ4v) is 4.33. The van der Waals surface area contributed by atoms with E-state index in [1.54, 1.807) is 61.5 Å². The van der Waals surface area contributed by atoms with Gasteiger partial charge in [0.1, 0.15) is 5.82 Å². The topological polar surface area (TPSA) is 88.2 Å². The first-order valence-electron chi connectivity index (χ1n) is 9.79. The smallest absolute Gasteiger partial charge is 0.261 e. The van der Waals surface area contributed by atoms with E-state index in [-0.39, 0.29) is 10.8 Å². The van der Waals surface area contributed by atoms with Gasteiger partial charge in [-0.05, 0) is 68.4 Å². The molecule has 2 N–H and O–H groups in total. The second-order valence-corrected chi connectivity index (χ2v) is 9.11. The highest BCUT2D eigenvalue weighted by Crippen LogP contribution is 2.22. The van der Waals surface area contributed by atoms with Crippen molar-refractivity contribution in [3.05, 3.63) is 95.4 Å². The minimum atomic E-state index is -3.72. The zero-order valence-electron chi connectivity index (χ0n) is 17.4. The number of benzene rings is 3. The molecular formula is C24H20FN3O3S. The van der Waals surface area contributed by atoms with E-state index in [9.17, 15) is 17.6 Å². The summed E-state index contributed by atoms with van der Waals surface area (Å²) in [5.74, 6) is -0.800. The van der Waals surface area contributed by atoms with Crippen LogP contribution in [0, 0.1) is 19.7 Å². The van der Waals surface area contributed by atoms with Crippen molar-refractivity contribution < 1.29 is 17.6 Å². The number of amides is 1. The number of aromatic nitrogens is 1. The summed E-state index contributed by atoms with van der Waals surface area (Å²) < 4.78 is 41.1. The largest absolute Gasteiger partial charge is 0.322 e. The number of anilines is 2. The standard InChI is InChI=1S/C24H20FN3O3S/c1-15-3-10-20(11-4-15)32(30,31)28-19-8-6-18(7-9-19)27-24(29)22-13-16(2)26-23-14-17(25)5-12-21(22)23/h3-14,28H,1-2H3,(H,27,29). The van der Waals surface area contributed by atoms with Crippen LogP contribution in [0.3, 0.4) is 0 Å². The molecule has 32 heavy (non-hydrogen) atoms. The lowest BCUT2D eigenvalue weighted by atomic mass is 10.1. The molecular weight excluding hydrogens is 429 g/mol. The van der Waals surface area contributed by atoms with Gasteiger partial charge in [-0.25, -0.2) is 12.8 Å². The molecule has 0 saturated carbocycles. The van der Waals surface area contributed by atoms with Crippen molar-refractivity contribution in [2.45, 2.75) is 18.7 Å². The third-order valence-corrected chi connectivity index (χ3v) is 6.27. The first-order valence-corrected chi connectivity index (χ1v) is 11.3. The Hall–Kier alpha value is -3.78. The predicted molar refractivity (Wildman–Crippen MR) is 123 cm³/mol. The zero-order chi connectivity index (χ0) is 22.9. The Morgan fingerprint density at radius 2 is 1.53 bits per heavy atom. The molecule has 8 heteroatoms. The van der Waals surface area contributed by atoms with Crippen LogP contribution < -0.4 is 10.0 Å². The highest BCUT2D eigenvalue weighted by molar-refractivity contribution is 7.92. The molecule has 0 fully saturated rings. The average molecular weight is 450 g/mol. The number of fused-ring (bicyclic) bond motifs is 1. The van der Waals surface area contributed by atoms with Crippen LogP contribution >= 0.6 is 0 Å². The summed E-state index contributed by atoms with van der Waals surface area (Å²) in [6.45, 7) is 3.61. The number of sulfonamides is 1. The SMILES string of the molecule is Cc1ccc(S(=O)(=O)Nc2ccc(NC(=O)c3cc(C)nc4cc(F)ccc34)cc2)cc1. The first kappa shape index (κ1) is 21.5. The number of hydrogen-bond acceptors (Lipinski definition) is 4. The number of nitrogens with zero attached hydrogens (tertiary/aromatic N) is 1. The number of nitrogens with one attached hydrogen (secondary N) is 2. The molecule has 0 spiro atoms. The molecule has 1 heterocycles. The fraction of sp³-hybridized carbons (Fsp3) is 0.0833. The molecule has 6 nitrogen and oxygen atoms in total. The number of halogens is 1. The van der Waals surface area contributed by atoms with Crippen LogP contribution in [0.5, 0.6) is 0 Å². The number of carbonyl (C=O) groups excluding carboxylic acids is 1. The van der Waals surface area contributed by atoms with Gasteiger partial charge in [0.15, 0.2) is 0 Å². The molecule has 0 aliphatic heterocycles. The van der Waals surface area contributed by atoms with Crippen LogP contribution in [-0.4, -0.2) is 19.3 Å². The van der Waals surface area contributed by atoms with E-state index in [0.29, 0.717) is 33.5 Å². The number of rotatable bonds is 5. The lowest BCUT2D eigenvalue weighted by Gasteiger charge is -2.11. The monoisotopic (exact) mass is 449 g/mol. The Morgan fingerprint density at radius 1 is 0.875 bits per heavy atom. The maximum Gasteiger partial charge on any atom is 0.261 e. The van der Waals surface area contributed by atoms with Crippen molar-refractivity contribution in [3.8, 4) is 0 Å². The molecule has 0 saturated heterocycles. The van der Waals surface area contributed by atoms with Gasteiger partial charge in [-0.2, -0.15) is 0 Å². The van der Waals surface area contributed by atoms with E-state index < -0.39 is 15.8 Å². The third-order valence-electron chi connectivity index (χ3n) is 4.87. The molecule has 0 bridgehead atoms. The molecule has 0 atom stereocenters. The molecule has 4 aromatic rings. The number of pyridine rings is 1. The van der Waals surface area contributed by atoms with Crippen molar-refractivity contribution in [2.24, 2.45) is 0 Å². The van der Waals surface area contributed by atoms with Gasteiger partial charge in [0.2, 0.25) is 0 Å². The van der Waals surface area contributed by atoms with Gasteiger partial charge in [-0.15, -0.1) is 0 Å². The van der Waals surface area contributed by atoms with Gasteiger partial charge >= 0.3 is 0 Å². The molecule has 0 aliphatic carbocycles. The van der Waals surface area contributed by atoms with Crippen molar-refractivity contribution in [2.75, 3.05) is 10.0 Å². The van der Waals surface area contributed by atoms with E-state index >= 15 is 0 Å². The Balaban J connectivity index is 1.52. The van der Waals surface area contributed by atoms with Crippen LogP contribution in [-0.2, 0) is 10.0 Å². The van der Waals surface area contributed by atoms with E-state index in [1.165, 1.54) is 18.2 Å². The van der Waals surface area contributed by atoms with Crippen molar-refractivity contribution >= 4 is 38.2 Å². The summed E-state index contributed by atoms with van der Waals surface area (Å²) in [6.07, 6.45) is 0. The third kappa shape index (κ3) is 4.60. The van der Waals surface area contributed by atoms with Crippen LogP contribution in [0.15, 0.2) is 77.7 Å². The first-order chi connectivity index (χ1) is 15.2. The van der Waals surface area contributed by atoms with Gasteiger partial charge in [-0.3, -0.25) is 14.5 Å².